The molecule has 0 aromatic heterocycles. The molecule has 0 radical (unpaired) electrons. The van der Waals surface area contributed by atoms with Crippen LogP contribution in [0.2, 0.25) is 0 Å². The van der Waals surface area contributed by atoms with Crippen LogP contribution in [0.1, 0.15) is 6.42 Å². The SMILES string of the molecule is COC(=O)N1CCC=C(CO)C1. The normalized spacial score (nSPS) is 17.2. The molecule has 0 saturated heterocycles. The number of ether oxygens (including phenoxy) is 1. The quantitative estimate of drug-likeness (QED) is 0.580. The molecule has 0 bridgehead atoms. The number of carbonyl (C=O) groups excluding carboxylic acids is 1. The van der Waals surface area contributed by atoms with Crippen molar-refractivity contribution in [1.82, 2.24) is 4.90 Å². The third kappa shape index (κ3) is 1.98. The lowest BCUT2D eigenvalue weighted by Gasteiger charge is -2.25. The molecule has 0 fully saturated rings. The smallest absolute Gasteiger partial charge is 0.409 e. The van der Waals surface area contributed by atoms with E-state index in [9.17, 15) is 4.79 Å². The third-order valence-electron chi connectivity index (χ3n) is 1.86. The van der Waals surface area contributed by atoms with Gasteiger partial charge in [-0.05, 0) is 12.0 Å². The van der Waals surface area contributed by atoms with E-state index in [4.69, 9.17) is 5.11 Å². The van der Waals surface area contributed by atoms with Gasteiger partial charge in [0, 0.05) is 13.1 Å². The van der Waals surface area contributed by atoms with Crippen molar-refractivity contribution in [3.05, 3.63) is 11.6 Å². The van der Waals surface area contributed by atoms with Crippen LogP contribution in [-0.2, 0) is 4.74 Å². The van der Waals surface area contributed by atoms with E-state index in [0.29, 0.717) is 13.1 Å². The van der Waals surface area contributed by atoms with Crippen LogP contribution in [0.5, 0.6) is 0 Å². The van der Waals surface area contributed by atoms with E-state index >= 15 is 0 Å². The van der Waals surface area contributed by atoms with Crippen LogP contribution in [0, 0.1) is 0 Å². The summed E-state index contributed by atoms with van der Waals surface area (Å²) in [7, 11) is 1.36. The molecule has 4 heteroatoms. The van der Waals surface area contributed by atoms with Crippen molar-refractivity contribution >= 4 is 6.09 Å². The van der Waals surface area contributed by atoms with Gasteiger partial charge < -0.3 is 14.7 Å². The zero-order chi connectivity index (χ0) is 8.97. The first-order chi connectivity index (χ1) is 5.77. The highest BCUT2D eigenvalue weighted by molar-refractivity contribution is 5.68. The second-order valence-corrected chi connectivity index (χ2v) is 2.70. The Kier molecular flexibility index (Phi) is 3.10. The number of rotatable bonds is 1. The predicted molar refractivity (Wildman–Crippen MR) is 43.8 cm³/mol. The fourth-order valence-corrected chi connectivity index (χ4v) is 1.21. The van der Waals surface area contributed by atoms with Crippen LogP contribution >= 0.6 is 0 Å². The Labute approximate surface area is 71.4 Å². The minimum Gasteiger partial charge on any atom is -0.453 e. The Morgan fingerprint density at radius 1 is 1.83 bits per heavy atom. The largest absolute Gasteiger partial charge is 0.453 e. The summed E-state index contributed by atoms with van der Waals surface area (Å²) in [6, 6.07) is 0. The number of aliphatic hydroxyl groups is 1. The molecule has 1 heterocycles. The van der Waals surface area contributed by atoms with Crippen molar-refractivity contribution in [2.45, 2.75) is 6.42 Å². The highest BCUT2D eigenvalue weighted by Gasteiger charge is 2.17. The van der Waals surface area contributed by atoms with Gasteiger partial charge in [-0.15, -0.1) is 0 Å². The van der Waals surface area contributed by atoms with E-state index < -0.39 is 0 Å². The minimum atomic E-state index is -0.325. The summed E-state index contributed by atoms with van der Waals surface area (Å²) < 4.78 is 4.56. The molecule has 0 unspecified atom stereocenters. The summed E-state index contributed by atoms with van der Waals surface area (Å²) in [6.07, 6.45) is 2.43. The lowest BCUT2D eigenvalue weighted by atomic mass is 10.1. The molecule has 1 aliphatic rings. The molecular weight excluding hydrogens is 158 g/mol. The van der Waals surface area contributed by atoms with Gasteiger partial charge in [-0.3, -0.25) is 0 Å². The maximum absolute atomic E-state index is 11.0. The van der Waals surface area contributed by atoms with E-state index in [0.717, 1.165) is 12.0 Å². The average molecular weight is 171 g/mol. The Morgan fingerprint density at radius 3 is 3.17 bits per heavy atom. The fourth-order valence-electron chi connectivity index (χ4n) is 1.21. The number of carbonyl (C=O) groups is 1. The van der Waals surface area contributed by atoms with Gasteiger partial charge in [-0.1, -0.05) is 6.08 Å². The molecule has 68 valence electrons. The van der Waals surface area contributed by atoms with E-state index in [1.54, 1.807) is 4.90 Å². The molecule has 0 aromatic carbocycles. The Morgan fingerprint density at radius 2 is 2.58 bits per heavy atom. The average Bonchev–Trinajstić information content (AvgIpc) is 2.17. The molecule has 1 aliphatic heterocycles. The fraction of sp³-hybridized carbons (Fsp3) is 0.625. The number of hydrogen-bond acceptors (Lipinski definition) is 3. The molecule has 1 N–H and O–H groups in total. The van der Waals surface area contributed by atoms with E-state index in [2.05, 4.69) is 4.74 Å². The second-order valence-electron chi connectivity index (χ2n) is 2.70. The first-order valence-electron chi connectivity index (χ1n) is 3.89. The second kappa shape index (κ2) is 4.11. The van der Waals surface area contributed by atoms with Gasteiger partial charge in [0.25, 0.3) is 0 Å². The van der Waals surface area contributed by atoms with Crippen molar-refractivity contribution in [2.75, 3.05) is 26.8 Å². The van der Waals surface area contributed by atoms with Crippen molar-refractivity contribution in [2.24, 2.45) is 0 Å². The molecular formula is C8H13NO3. The van der Waals surface area contributed by atoms with Gasteiger partial charge >= 0.3 is 6.09 Å². The molecule has 0 atom stereocenters. The summed E-state index contributed by atoms with van der Waals surface area (Å²) in [5.74, 6) is 0. The lowest BCUT2D eigenvalue weighted by molar-refractivity contribution is 0.124. The summed E-state index contributed by atoms with van der Waals surface area (Å²) in [6.45, 7) is 1.19. The Bertz CT molecular complexity index is 200. The first kappa shape index (κ1) is 9.06. The van der Waals surface area contributed by atoms with Crippen LogP contribution in [0.25, 0.3) is 0 Å². The van der Waals surface area contributed by atoms with Crippen molar-refractivity contribution in [3.8, 4) is 0 Å². The molecule has 0 saturated carbocycles. The maximum atomic E-state index is 11.0. The van der Waals surface area contributed by atoms with Gasteiger partial charge in [0.1, 0.15) is 0 Å². The number of methoxy groups -OCH3 is 1. The standard InChI is InChI=1S/C8H13NO3/c1-12-8(11)9-4-2-3-7(5-9)6-10/h3,10H,2,4-6H2,1H3. The zero-order valence-electron chi connectivity index (χ0n) is 7.12. The molecule has 0 aliphatic carbocycles. The predicted octanol–water partition coefficient (Wildman–Crippen LogP) is 0.377. The number of nitrogens with zero attached hydrogens (tertiary/aromatic N) is 1. The molecule has 1 rings (SSSR count). The highest BCUT2D eigenvalue weighted by atomic mass is 16.5. The third-order valence-corrected chi connectivity index (χ3v) is 1.86. The summed E-state index contributed by atoms with van der Waals surface area (Å²) in [4.78, 5) is 12.6. The lowest BCUT2D eigenvalue weighted by Crippen LogP contribution is -2.36. The molecule has 4 nitrogen and oxygen atoms in total. The molecule has 0 aromatic rings. The minimum absolute atomic E-state index is 0.0213. The monoisotopic (exact) mass is 171 g/mol. The van der Waals surface area contributed by atoms with Crippen LogP contribution in [0.15, 0.2) is 11.6 Å². The van der Waals surface area contributed by atoms with Gasteiger partial charge in [0.05, 0.1) is 13.7 Å². The van der Waals surface area contributed by atoms with Crippen molar-refractivity contribution in [3.63, 3.8) is 0 Å². The summed E-state index contributed by atoms with van der Waals surface area (Å²) in [5.41, 5.74) is 0.881. The number of amides is 1. The van der Waals surface area contributed by atoms with Gasteiger partial charge in [-0.2, -0.15) is 0 Å². The van der Waals surface area contributed by atoms with Gasteiger partial charge in [0.15, 0.2) is 0 Å². The van der Waals surface area contributed by atoms with Crippen LogP contribution in [0.4, 0.5) is 4.79 Å². The van der Waals surface area contributed by atoms with Crippen LogP contribution in [0.3, 0.4) is 0 Å². The van der Waals surface area contributed by atoms with E-state index in [-0.39, 0.29) is 12.7 Å². The van der Waals surface area contributed by atoms with Gasteiger partial charge in [-0.25, -0.2) is 4.79 Å². The van der Waals surface area contributed by atoms with Crippen LogP contribution in [-0.4, -0.2) is 42.9 Å². The van der Waals surface area contributed by atoms with E-state index in [1.807, 2.05) is 6.08 Å². The van der Waals surface area contributed by atoms with Crippen molar-refractivity contribution < 1.29 is 14.6 Å². The van der Waals surface area contributed by atoms with Crippen molar-refractivity contribution in [1.29, 1.82) is 0 Å². The molecule has 1 amide bonds. The highest BCUT2D eigenvalue weighted by Crippen LogP contribution is 2.09. The summed E-state index contributed by atoms with van der Waals surface area (Å²) in [5, 5.41) is 8.82. The van der Waals surface area contributed by atoms with Crippen LogP contribution < -0.4 is 0 Å². The summed E-state index contributed by atoms with van der Waals surface area (Å²) >= 11 is 0. The van der Waals surface area contributed by atoms with Gasteiger partial charge in [0.2, 0.25) is 0 Å². The Balaban J connectivity index is 2.51. The van der Waals surface area contributed by atoms with E-state index in [1.165, 1.54) is 7.11 Å². The Hall–Kier alpha value is -1.03. The molecule has 0 spiro atoms. The first-order valence-corrected chi connectivity index (χ1v) is 3.89. The zero-order valence-corrected chi connectivity index (χ0v) is 7.12. The topological polar surface area (TPSA) is 49.8 Å². The number of aliphatic hydroxyl groups excluding tert-OH is 1. The molecule has 12 heavy (non-hydrogen) atoms. The number of hydrogen-bond donors (Lipinski definition) is 1. The maximum Gasteiger partial charge on any atom is 0.409 e.